The molecule has 5 rings (SSSR count). The van der Waals surface area contributed by atoms with E-state index < -0.39 is 24.1 Å². The SMILES string of the molecule is C=CC(=O)OCCCCCCCCOc1ccc(-c2ccc(C(=O)O[C@@H]3CCCC[C@H]3OC(=O)c3ccc(-c4ccc(OCCCCCCCCOC(=O)C=C)cc4)cc3)cc2)cc1. The number of unbranched alkanes of at least 4 members (excludes halogenated alkanes) is 10. The van der Waals surface area contributed by atoms with E-state index in [9.17, 15) is 19.2 Å². The van der Waals surface area contributed by atoms with Gasteiger partial charge in [-0.2, -0.15) is 0 Å². The number of carbonyl (C=O) groups excluding carboxylic acids is 4. The lowest BCUT2D eigenvalue weighted by Gasteiger charge is -2.30. The molecule has 0 spiro atoms. The molecule has 0 radical (unpaired) electrons. The average molecular weight is 873 g/mol. The Morgan fingerprint density at radius 3 is 1.05 bits per heavy atom. The predicted molar refractivity (Wildman–Crippen MR) is 249 cm³/mol. The normalized spacial score (nSPS) is 14.4. The molecule has 0 saturated heterocycles. The molecule has 10 heteroatoms. The summed E-state index contributed by atoms with van der Waals surface area (Å²) in [4.78, 5) is 48.7. The number of hydrogen-bond donors (Lipinski definition) is 0. The molecule has 0 aliphatic heterocycles. The summed E-state index contributed by atoms with van der Waals surface area (Å²) in [7, 11) is 0. The maximum atomic E-state index is 13.3. The molecule has 1 fully saturated rings. The van der Waals surface area contributed by atoms with E-state index in [0.717, 1.165) is 124 Å². The summed E-state index contributed by atoms with van der Waals surface area (Å²) >= 11 is 0. The van der Waals surface area contributed by atoms with E-state index in [1.165, 1.54) is 12.2 Å². The zero-order valence-corrected chi connectivity index (χ0v) is 37.2. The molecule has 2 atom stereocenters. The van der Waals surface area contributed by atoms with E-state index in [0.29, 0.717) is 50.4 Å². The molecule has 0 unspecified atom stereocenters. The second-order valence-electron chi connectivity index (χ2n) is 16.1. The number of esters is 4. The lowest BCUT2D eigenvalue weighted by molar-refractivity contribution is -0.138. The highest BCUT2D eigenvalue weighted by Crippen LogP contribution is 2.29. The summed E-state index contributed by atoms with van der Waals surface area (Å²) in [5.41, 5.74) is 4.84. The Morgan fingerprint density at radius 2 is 0.719 bits per heavy atom. The molecule has 4 aromatic carbocycles. The maximum Gasteiger partial charge on any atom is 0.338 e. The largest absolute Gasteiger partial charge is 0.494 e. The van der Waals surface area contributed by atoms with Gasteiger partial charge in [-0.15, -0.1) is 0 Å². The molecule has 0 bridgehead atoms. The van der Waals surface area contributed by atoms with Crippen molar-refractivity contribution in [2.75, 3.05) is 26.4 Å². The first kappa shape index (κ1) is 48.9. The monoisotopic (exact) mass is 872 g/mol. The highest BCUT2D eigenvalue weighted by atomic mass is 16.6. The van der Waals surface area contributed by atoms with Crippen molar-refractivity contribution < 1.29 is 47.6 Å². The molecule has 0 N–H and O–H groups in total. The summed E-state index contributed by atoms with van der Waals surface area (Å²) in [5, 5.41) is 0. The maximum absolute atomic E-state index is 13.3. The first-order valence-electron chi connectivity index (χ1n) is 23.0. The Hall–Kier alpha value is -6.16. The molecule has 0 amide bonds. The van der Waals surface area contributed by atoms with E-state index in [2.05, 4.69) is 13.2 Å². The van der Waals surface area contributed by atoms with Crippen LogP contribution in [0.25, 0.3) is 22.3 Å². The molecular weight excluding hydrogens is 809 g/mol. The van der Waals surface area contributed by atoms with Gasteiger partial charge in [-0.1, -0.05) is 113 Å². The number of hydrogen-bond acceptors (Lipinski definition) is 10. The van der Waals surface area contributed by atoms with Gasteiger partial charge in [0, 0.05) is 12.2 Å². The summed E-state index contributed by atoms with van der Waals surface area (Å²) in [5.74, 6) is 0.0217. The van der Waals surface area contributed by atoms with Crippen LogP contribution in [-0.4, -0.2) is 62.5 Å². The van der Waals surface area contributed by atoms with Crippen molar-refractivity contribution in [2.24, 2.45) is 0 Å². The molecule has 0 heterocycles. The zero-order valence-electron chi connectivity index (χ0n) is 37.2. The zero-order chi connectivity index (χ0) is 45.2. The van der Waals surface area contributed by atoms with Crippen LogP contribution in [0.2, 0.25) is 0 Å². The van der Waals surface area contributed by atoms with Gasteiger partial charge in [0.05, 0.1) is 37.6 Å². The van der Waals surface area contributed by atoms with Crippen LogP contribution >= 0.6 is 0 Å². The predicted octanol–water partition coefficient (Wildman–Crippen LogP) is 12.2. The van der Waals surface area contributed by atoms with Gasteiger partial charge in [0.2, 0.25) is 0 Å². The molecule has 64 heavy (non-hydrogen) atoms. The first-order valence-corrected chi connectivity index (χ1v) is 23.0. The Bertz CT molecular complexity index is 1890. The van der Waals surface area contributed by atoms with Gasteiger partial charge < -0.3 is 28.4 Å². The Labute approximate surface area is 378 Å². The van der Waals surface area contributed by atoms with Crippen molar-refractivity contribution in [3.05, 3.63) is 133 Å². The average Bonchev–Trinajstić information content (AvgIpc) is 3.33. The van der Waals surface area contributed by atoms with Gasteiger partial charge in [-0.3, -0.25) is 0 Å². The molecule has 4 aromatic rings. The second kappa shape index (κ2) is 27.8. The minimum atomic E-state index is -0.523. The minimum Gasteiger partial charge on any atom is -0.494 e. The highest BCUT2D eigenvalue weighted by molar-refractivity contribution is 5.91. The van der Waals surface area contributed by atoms with Crippen molar-refractivity contribution in [1.82, 2.24) is 0 Å². The van der Waals surface area contributed by atoms with E-state index in [1.54, 1.807) is 24.3 Å². The third-order valence-corrected chi connectivity index (χ3v) is 11.2. The molecular formula is C54H64O10. The van der Waals surface area contributed by atoms with Crippen molar-refractivity contribution in [2.45, 2.75) is 115 Å². The van der Waals surface area contributed by atoms with Gasteiger partial charge >= 0.3 is 23.9 Å². The number of ether oxygens (including phenoxy) is 6. The fourth-order valence-electron chi connectivity index (χ4n) is 7.49. The van der Waals surface area contributed by atoms with Crippen LogP contribution in [-0.2, 0) is 28.5 Å². The van der Waals surface area contributed by atoms with E-state index >= 15 is 0 Å². The molecule has 0 aromatic heterocycles. The van der Waals surface area contributed by atoms with Crippen molar-refractivity contribution in [3.63, 3.8) is 0 Å². The minimum absolute atomic E-state index is 0.366. The lowest BCUT2D eigenvalue weighted by atomic mass is 9.94. The van der Waals surface area contributed by atoms with Crippen LogP contribution in [0.5, 0.6) is 11.5 Å². The summed E-state index contributed by atoms with van der Waals surface area (Å²) in [6, 6.07) is 30.6. The standard InChI is InChI=1S/C54H64O10/c1-3-51(55)61-39-17-11-7-5-9-15-37-59-47-33-29-43(30-34-47)41-21-25-45(26-22-41)53(57)63-49-19-13-14-20-50(49)64-54(58)46-27-23-42(24-28-46)44-31-35-48(36-32-44)60-38-16-10-6-8-12-18-40-62-52(56)4-2/h3-4,21-36,49-50H,1-2,5-20,37-40H2/t49-,50-/m1/s1. The third kappa shape index (κ3) is 17.2. The van der Waals surface area contributed by atoms with Gasteiger partial charge in [0.25, 0.3) is 0 Å². The van der Waals surface area contributed by atoms with Crippen molar-refractivity contribution in [1.29, 1.82) is 0 Å². The second-order valence-corrected chi connectivity index (χ2v) is 16.1. The summed E-state index contributed by atoms with van der Waals surface area (Å²) in [6.07, 6.45) is 16.7. The molecule has 1 aliphatic carbocycles. The Morgan fingerprint density at radius 1 is 0.422 bits per heavy atom. The Balaban J connectivity index is 0.987. The molecule has 10 nitrogen and oxygen atoms in total. The topological polar surface area (TPSA) is 124 Å². The first-order chi connectivity index (χ1) is 31.3. The van der Waals surface area contributed by atoms with Crippen LogP contribution in [0.15, 0.2) is 122 Å². The van der Waals surface area contributed by atoms with Crippen molar-refractivity contribution >= 4 is 23.9 Å². The van der Waals surface area contributed by atoms with Crippen LogP contribution < -0.4 is 9.47 Å². The summed E-state index contributed by atoms with van der Waals surface area (Å²) in [6.45, 7) is 8.99. The van der Waals surface area contributed by atoms with Gasteiger partial charge in [0.15, 0.2) is 0 Å². The smallest absolute Gasteiger partial charge is 0.338 e. The van der Waals surface area contributed by atoms with E-state index in [-0.39, 0.29) is 11.9 Å². The Kier molecular flexibility index (Phi) is 21.2. The van der Waals surface area contributed by atoms with Gasteiger partial charge in [-0.05, 0) is 122 Å². The molecule has 1 saturated carbocycles. The van der Waals surface area contributed by atoms with Crippen LogP contribution in [0.3, 0.4) is 0 Å². The molecule has 340 valence electrons. The van der Waals surface area contributed by atoms with Crippen LogP contribution in [0.4, 0.5) is 0 Å². The quantitative estimate of drug-likeness (QED) is 0.0236. The van der Waals surface area contributed by atoms with Gasteiger partial charge in [-0.25, -0.2) is 19.2 Å². The third-order valence-electron chi connectivity index (χ3n) is 11.2. The van der Waals surface area contributed by atoms with E-state index in [1.807, 2.05) is 72.8 Å². The number of carbonyl (C=O) groups is 4. The number of rotatable bonds is 28. The van der Waals surface area contributed by atoms with Crippen LogP contribution in [0, 0.1) is 0 Å². The van der Waals surface area contributed by atoms with Crippen LogP contribution in [0.1, 0.15) is 123 Å². The fraction of sp³-hybridized carbons (Fsp3) is 0.407. The van der Waals surface area contributed by atoms with Crippen molar-refractivity contribution in [3.8, 4) is 33.8 Å². The van der Waals surface area contributed by atoms with Gasteiger partial charge in [0.1, 0.15) is 23.7 Å². The molecule has 1 aliphatic rings. The van der Waals surface area contributed by atoms with E-state index in [4.69, 9.17) is 28.4 Å². The number of benzene rings is 4. The summed E-state index contributed by atoms with van der Waals surface area (Å²) < 4.78 is 33.8. The lowest BCUT2D eigenvalue weighted by Crippen LogP contribution is -2.37. The highest BCUT2D eigenvalue weighted by Gasteiger charge is 2.32. The fourth-order valence-corrected chi connectivity index (χ4v) is 7.49.